The van der Waals surface area contributed by atoms with Gasteiger partial charge in [0.25, 0.3) is 3.79 Å². The number of carbonyl (C=O) groups excluding carboxylic acids is 3. The summed E-state index contributed by atoms with van der Waals surface area (Å²) >= 11 is 15.6. The van der Waals surface area contributed by atoms with Crippen molar-refractivity contribution in [2.75, 3.05) is 0 Å². The zero-order chi connectivity index (χ0) is 14.5. The molecule has 5 nitrogen and oxygen atoms in total. The van der Waals surface area contributed by atoms with Crippen LogP contribution in [-0.2, 0) is 23.9 Å². The molecule has 102 valence electrons. The van der Waals surface area contributed by atoms with Gasteiger partial charge in [-0.15, -0.1) is 0 Å². The van der Waals surface area contributed by atoms with Crippen molar-refractivity contribution in [3.05, 3.63) is 12.2 Å². The summed E-state index contributed by atoms with van der Waals surface area (Å²) in [5, 5.41) is 0. The van der Waals surface area contributed by atoms with E-state index in [0.717, 1.165) is 0 Å². The number of ether oxygens (including phenoxy) is 2. The van der Waals surface area contributed by atoms with Gasteiger partial charge in [-0.1, -0.05) is 48.3 Å². The number of alkyl halides is 3. The quantitative estimate of drug-likeness (QED) is 0.344. The molecule has 0 bridgehead atoms. The van der Waals surface area contributed by atoms with Crippen LogP contribution in [0.4, 0.5) is 0 Å². The van der Waals surface area contributed by atoms with Gasteiger partial charge in [0.05, 0.1) is 0 Å². The highest BCUT2D eigenvalue weighted by molar-refractivity contribution is 6.75. The minimum absolute atomic E-state index is 0.102. The van der Waals surface area contributed by atoms with Gasteiger partial charge < -0.3 is 9.47 Å². The van der Waals surface area contributed by atoms with Crippen molar-refractivity contribution in [1.29, 1.82) is 0 Å². The number of esters is 3. The highest BCUT2D eigenvalue weighted by Crippen LogP contribution is 2.27. The Morgan fingerprint density at radius 2 is 1.78 bits per heavy atom. The molecule has 0 aromatic heterocycles. The Morgan fingerprint density at radius 3 is 2.11 bits per heavy atom. The number of rotatable bonds is 4. The smallest absolute Gasteiger partial charge is 0.366 e. The maximum Gasteiger partial charge on any atom is 0.366 e. The number of carbonyl (C=O) groups is 3. The van der Waals surface area contributed by atoms with E-state index in [1.165, 1.54) is 6.92 Å². The van der Waals surface area contributed by atoms with Crippen LogP contribution in [0.15, 0.2) is 12.2 Å². The molecule has 0 amide bonds. The second-order valence-corrected chi connectivity index (χ2v) is 5.57. The van der Waals surface area contributed by atoms with Crippen LogP contribution in [0.5, 0.6) is 0 Å². The highest BCUT2D eigenvalue weighted by Gasteiger charge is 2.36. The molecule has 0 aliphatic carbocycles. The fraction of sp³-hybridized carbons (Fsp3) is 0.500. The minimum Gasteiger partial charge on any atom is -0.447 e. The Balaban J connectivity index is 4.59. The van der Waals surface area contributed by atoms with E-state index in [4.69, 9.17) is 39.5 Å². The Bertz CT molecular complexity index is 372. The van der Waals surface area contributed by atoms with Crippen molar-refractivity contribution in [2.24, 2.45) is 0 Å². The largest absolute Gasteiger partial charge is 0.447 e. The van der Waals surface area contributed by atoms with Gasteiger partial charge in [0, 0.05) is 5.57 Å². The van der Waals surface area contributed by atoms with Gasteiger partial charge in [-0.2, -0.15) is 0 Å². The van der Waals surface area contributed by atoms with Crippen LogP contribution < -0.4 is 0 Å². The van der Waals surface area contributed by atoms with Gasteiger partial charge in [-0.05, 0) is 13.3 Å². The molecule has 0 saturated heterocycles. The molecule has 0 rings (SSSR count). The van der Waals surface area contributed by atoms with Crippen molar-refractivity contribution in [2.45, 2.75) is 30.2 Å². The molecule has 1 unspecified atom stereocenters. The van der Waals surface area contributed by atoms with Crippen LogP contribution in [0.1, 0.15) is 20.3 Å². The average molecular weight is 318 g/mol. The Labute approximate surface area is 119 Å². The van der Waals surface area contributed by atoms with E-state index in [9.17, 15) is 14.4 Å². The first kappa shape index (κ1) is 17.2. The van der Waals surface area contributed by atoms with Crippen LogP contribution in [0, 0.1) is 0 Å². The van der Waals surface area contributed by atoms with Gasteiger partial charge in [0.15, 0.2) is 6.10 Å². The zero-order valence-corrected chi connectivity index (χ0v) is 11.9. The first-order valence-electron chi connectivity index (χ1n) is 4.78. The molecule has 0 heterocycles. The summed E-state index contributed by atoms with van der Waals surface area (Å²) in [7, 11) is 0. The second-order valence-electron chi connectivity index (χ2n) is 3.29. The molecule has 0 spiro atoms. The standard InChI is InChI=1S/C10H11Cl3O5/c1-4-6(17-7(14)5(2)3)8(15)18-9(16)10(11,12)13/h6H,2,4H2,1,3H3. The monoisotopic (exact) mass is 316 g/mol. The summed E-state index contributed by atoms with van der Waals surface area (Å²) in [6.45, 7) is 6.31. The van der Waals surface area contributed by atoms with Gasteiger partial charge in [0.1, 0.15) is 0 Å². The van der Waals surface area contributed by atoms with E-state index >= 15 is 0 Å². The average Bonchev–Trinajstić information content (AvgIpc) is 2.23. The molecule has 18 heavy (non-hydrogen) atoms. The third-order valence-corrected chi connectivity index (χ3v) is 2.12. The van der Waals surface area contributed by atoms with Gasteiger partial charge in [-0.25, -0.2) is 14.4 Å². The summed E-state index contributed by atoms with van der Waals surface area (Å²) in [5.41, 5.74) is 0.106. The topological polar surface area (TPSA) is 69.7 Å². The molecular formula is C10H11Cl3O5. The van der Waals surface area contributed by atoms with Crippen molar-refractivity contribution in [3.63, 3.8) is 0 Å². The first-order chi connectivity index (χ1) is 8.09. The van der Waals surface area contributed by atoms with E-state index in [1.807, 2.05) is 0 Å². The normalized spacial score (nSPS) is 12.5. The Morgan fingerprint density at radius 1 is 1.28 bits per heavy atom. The molecule has 0 aliphatic rings. The molecule has 0 aromatic rings. The van der Waals surface area contributed by atoms with Crippen LogP contribution in [0.3, 0.4) is 0 Å². The van der Waals surface area contributed by atoms with Crippen LogP contribution in [0.25, 0.3) is 0 Å². The fourth-order valence-electron chi connectivity index (χ4n) is 0.743. The van der Waals surface area contributed by atoms with Crippen LogP contribution >= 0.6 is 34.8 Å². The minimum atomic E-state index is -2.37. The van der Waals surface area contributed by atoms with E-state index in [-0.39, 0.29) is 12.0 Å². The van der Waals surface area contributed by atoms with Crippen LogP contribution in [0.2, 0.25) is 0 Å². The summed E-state index contributed by atoms with van der Waals surface area (Å²) in [6.07, 6.45) is -1.16. The Hall–Kier alpha value is -0.780. The number of halogens is 3. The highest BCUT2D eigenvalue weighted by atomic mass is 35.6. The predicted molar refractivity (Wildman–Crippen MR) is 66.4 cm³/mol. The van der Waals surface area contributed by atoms with Crippen molar-refractivity contribution in [3.8, 4) is 0 Å². The summed E-state index contributed by atoms with van der Waals surface area (Å²) in [6, 6.07) is 0. The lowest BCUT2D eigenvalue weighted by atomic mass is 10.2. The zero-order valence-electron chi connectivity index (χ0n) is 9.67. The maximum absolute atomic E-state index is 11.5. The van der Waals surface area contributed by atoms with Gasteiger partial charge in [0.2, 0.25) is 0 Å². The summed E-state index contributed by atoms with van der Waals surface area (Å²) in [5.74, 6) is -3.24. The molecule has 0 aromatic carbocycles. The molecule has 0 fully saturated rings. The second kappa shape index (κ2) is 6.97. The molecule has 0 radical (unpaired) electrons. The van der Waals surface area contributed by atoms with Crippen LogP contribution in [-0.4, -0.2) is 27.8 Å². The number of hydrogen-bond donors (Lipinski definition) is 0. The molecule has 8 heteroatoms. The molecule has 0 aliphatic heterocycles. The SMILES string of the molecule is C=C(C)C(=O)OC(CC)C(=O)OC(=O)C(Cl)(Cl)Cl. The van der Waals surface area contributed by atoms with Gasteiger partial charge >= 0.3 is 17.9 Å². The third kappa shape index (κ3) is 5.71. The van der Waals surface area contributed by atoms with E-state index < -0.39 is 27.8 Å². The molecular weight excluding hydrogens is 306 g/mol. The van der Waals surface area contributed by atoms with E-state index in [1.54, 1.807) is 6.92 Å². The fourth-order valence-corrected chi connectivity index (χ4v) is 0.859. The lowest BCUT2D eigenvalue weighted by molar-refractivity contribution is -0.172. The van der Waals surface area contributed by atoms with Crippen molar-refractivity contribution >= 4 is 52.7 Å². The first-order valence-corrected chi connectivity index (χ1v) is 5.92. The number of hydrogen-bond acceptors (Lipinski definition) is 5. The maximum atomic E-state index is 11.5. The summed E-state index contributed by atoms with van der Waals surface area (Å²) < 4.78 is 6.64. The lowest BCUT2D eigenvalue weighted by Crippen LogP contribution is -2.34. The van der Waals surface area contributed by atoms with Gasteiger partial charge in [-0.3, -0.25) is 0 Å². The Kier molecular flexibility index (Phi) is 6.67. The molecule has 0 N–H and O–H groups in total. The van der Waals surface area contributed by atoms with Crippen molar-refractivity contribution < 1.29 is 23.9 Å². The molecule has 1 atom stereocenters. The lowest BCUT2D eigenvalue weighted by Gasteiger charge is -2.15. The predicted octanol–water partition coefficient (Wildman–Crippen LogP) is 2.32. The van der Waals surface area contributed by atoms with E-state index in [2.05, 4.69) is 11.3 Å². The van der Waals surface area contributed by atoms with Crippen molar-refractivity contribution in [1.82, 2.24) is 0 Å². The summed E-state index contributed by atoms with van der Waals surface area (Å²) in [4.78, 5) is 33.8. The molecule has 0 saturated carbocycles. The third-order valence-electron chi connectivity index (χ3n) is 1.66. The van der Waals surface area contributed by atoms with E-state index in [0.29, 0.717) is 0 Å².